The summed E-state index contributed by atoms with van der Waals surface area (Å²) in [6, 6.07) is 8.51. The molecule has 18 heavy (non-hydrogen) atoms. The number of nitrogens with zero attached hydrogens (tertiary/aromatic N) is 2. The van der Waals surface area contributed by atoms with Gasteiger partial charge in [0.05, 0.1) is 11.0 Å². The third kappa shape index (κ3) is 2.03. The van der Waals surface area contributed by atoms with Gasteiger partial charge < -0.3 is 9.88 Å². The molecule has 0 bridgehead atoms. The van der Waals surface area contributed by atoms with Gasteiger partial charge in [-0.25, -0.2) is 4.98 Å². The Hall–Kier alpha value is -1.35. The van der Waals surface area contributed by atoms with Crippen molar-refractivity contribution >= 4 is 11.0 Å². The van der Waals surface area contributed by atoms with Crippen molar-refractivity contribution in [2.24, 2.45) is 0 Å². The molecule has 1 unspecified atom stereocenters. The van der Waals surface area contributed by atoms with Gasteiger partial charge >= 0.3 is 0 Å². The molecule has 3 rings (SSSR count). The average molecular weight is 243 g/mol. The van der Waals surface area contributed by atoms with Gasteiger partial charge in [0, 0.05) is 19.0 Å². The summed E-state index contributed by atoms with van der Waals surface area (Å²) in [5.41, 5.74) is 2.44. The molecule has 0 spiro atoms. The van der Waals surface area contributed by atoms with Crippen LogP contribution in [0.15, 0.2) is 24.3 Å². The Kier molecular flexibility index (Phi) is 3.33. The predicted octanol–water partition coefficient (Wildman–Crippen LogP) is 2.91. The number of para-hydroxylation sites is 2. The van der Waals surface area contributed by atoms with Crippen LogP contribution in [0.5, 0.6) is 0 Å². The number of aromatic nitrogens is 2. The van der Waals surface area contributed by atoms with Crippen molar-refractivity contribution in [2.75, 3.05) is 13.1 Å². The summed E-state index contributed by atoms with van der Waals surface area (Å²) in [4.78, 5) is 4.88. The fraction of sp³-hybridized carbons (Fsp3) is 0.533. The number of piperidine rings is 1. The van der Waals surface area contributed by atoms with E-state index >= 15 is 0 Å². The largest absolute Gasteiger partial charge is 0.328 e. The van der Waals surface area contributed by atoms with Crippen LogP contribution < -0.4 is 5.32 Å². The number of hydrogen-bond acceptors (Lipinski definition) is 2. The van der Waals surface area contributed by atoms with Gasteiger partial charge in [-0.05, 0) is 37.9 Å². The molecule has 1 aliphatic heterocycles. The van der Waals surface area contributed by atoms with Crippen LogP contribution in [0, 0.1) is 0 Å². The van der Waals surface area contributed by atoms with Gasteiger partial charge in [0.1, 0.15) is 5.82 Å². The molecule has 1 aliphatic rings. The number of aryl methyl sites for hydroxylation is 1. The lowest BCUT2D eigenvalue weighted by Gasteiger charge is -2.23. The Labute approximate surface area is 108 Å². The summed E-state index contributed by atoms with van der Waals surface area (Å²) in [5.74, 6) is 1.86. The van der Waals surface area contributed by atoms with Crippen LogP contribution in [0.25, 0.3) is 11.0 Å². The van der Waals surface area contributed by atoms with Gasteiger partial charge in [-0.3, -0.25) is 0 Å². The Balaban J connectivity index is 2.05. The van der Waals surface area contributed by atoms with Crippen molar-refractivity contribution in [3.05, 3.63) is 30.1 Å². The van der Waals surface area contributed by atoms with Crippen LogP contribution in [0.3, 0.4) is 0 Å². The molecule has 3 nitrogen and oxygen atoms in total. The fourth-order valence-corrected chi connectivity index (χ4v) is 2.94. The molecular formula is C15H21N3. The first-order valence-electron chi connectivity index (χ1n) is 7.06. The first kappa shape index (κ1) is 11.7. The van der Waals surface area contributed by atoms with E-state index in [2.05, 4.69) is 41.1 Å². The predicted molar refractivity (Wildman–Crippen MR) is 74.9 cm³/mol. The van der Waals surface area contributed by atoms with Crippen LogP contribution in [0.4, 0.5) is 0 Å². The van der Waals surface area contributed by atoms with Gasteiger partial charge in [0.15, 0.2) is 0 Å². The fourth-order valence-electron chi connectivity index (χ4n) is 2.94. The third-order valence-electron chi connectivity index (χ3n) is 3.79. The van der Waals surface area contributed by atoms with Crippen molar-refractivity contribution in [1.82, 2.24) is 14.9 Å². The monoisotopic (exact) mass is 243 g/mol. The quantitative estimate of drug-likeness (QED) is 0.898. The number of hydrogen-bond donors (Lipinski definition) is 1. The summed E-state index contributed by atoms with van der Waals surface area (Å²) in [5, 5.41) is 3.49. The maximum Gasteiger partial charge on any atom is 0.114 e. The number of benzene rings is 1. The first-order valence-corrected chi connectivity index (χ1v) is 7.06. The standard InChI is InChI=1S/C15H21N3/c1-2-10-18-14-8-4-3-7-13(14)17-15(18)12-6-5-9-16-11-12/h3-4,7-8,12,16H,2,5-6,9-11H2,1H3. The number of rotatable bonds is 3. The van der Waals surface area contributed by atoms with E-state index in [0.29, 0.717) is 5.92 Å². The van der Waals surface area contributed by atoms with Crippen molar-refractivity contribution in [3.63, 3.8) is 0 Å². The molecule has 2 heterocycles. The summed E-state index contributed by atoms with van der Waals surface area (Å²) in [7, 11) is 0. The molecule has 1 atom stereocenters. The highest BCUT2D eigenvalue weighted by atomic mass is 15.1. The average Bonchev–Trinajstić information content (AvgIpc) is 2.80. The zero-order valence-corrected chi connectivity index (χ0v) is 11.0. The minimum Gasteiger partial charge on any atom is -0.328 e. The molecule has 1 aromatic carbocycles. The normalized spacial score (nSPS) is 20.4. The zero-order chi connectivity index (χ0) is 12.4. The summed E-state index contributed by atoms with van der Waals surface area (Å²) >= 11 is 0. The summed E-state index contributed by atoms with van der Waals surface area (Å²) in [6.45, 7) is 5.54. The van der Waals surface area contributed by atoms with E-state index in [9.17, 15) is 0 Å². The Bertz CT molecular complexity index is 524. The second-order valence-corrected chi connectivity index (χ2v) is 5.15. The van der Waals surface area contributed by atoms with Crippen molar-refractivity contribution in [2.45, 2.75) is 38.6 Å². The van der Waals surface area contributed by atoms with Gasteiger partial charge in [0.25, 0.3) is 0 Å². The number of fused-ring (bicyclic) bond motifs is 1. The highest BCUT2D eigenvalue weighted by Crippen LogP contribution is 2.26. The molecule has 1 saturated heterocycles. The first-order chi connectivity index (χ1) is 8.90. The lowest BCUT2D eigenvalue weighted by Crippen LogP contribution is -2.30. The summed E-state index contributed by atoms with van der Waals surface area (Å²) < 4.78 is 2.42. The smallest absolute Gasteiger partial charge is 0.114 e. The van der Waals surface area contributed by atoms with E-state index in [4.69, 9.17) is 4.98 Å². The molecular weight excluding hydrogens is 222 g/mol. The van der Waals surface area contributed by atoms with E-state index in [1.54, 1.807) is 0 Å². The van der Waals surface area contributed by atoms with Crippen molar-refractivity contribution < 1.29 is 0 Å². The number of imidazole rings is 1. The Morgan fingerprint density at radius 3 is 3.06 bits per heavy atom. The van der Waals surface area contributed by atoms with Crippen LogP contribution in [0.2, 0.25) is 0 Å². The van der Waals surface area contributed by atoms with E-state index in [1.807, 2.05) is 0 Å². The molecule has 1 N–H and O–H groups in total. The zero-order valence-electron chi connectivity index (χ0n) is 11.0. The SMILES string of the molecule is CCCn1c(C2CCCNC2)nc2ccccc21. The lowest BCUT2D eigenvalue weighted by atomic mass is 9.99. The highest BCUT2D eigenvalue weighted by Gasteiger charge is 2.21. The van der Waals surface area contributed by atoms with Gasteiger partial charge in [0.2, 0.25) is 0 Å². The van der Waals surface area contributed by atoms with E-state index < -0.39 is 0 Å². The maximum absolute atomic E-state index is 4.88. The second kappa shape index (κ2) is 5.11. The van der Waals surface area contributed by atoms with Crippen LogP contribution in [-0.4, -0.2) is 22.6 Å². The van der Waals surface area contributed by atoms with Crippen LogP contribution in [0.1, 0.15) is 37.9 Å². The minimum atomic E-state index is 0.581. The molecule has 0 radical (unpaired) electrons. The maximum atomic E-state index is 4.88. The topological polar surface area (TPSA) is 29.9 Å². The third-order valence-corrected chi connectivity index (χ3v) is 3.79. The van der Waals surface area contributed by atoms with Crippen LogP contribution in [-0.2, 0) is 6.54 Å². The Morgan fingerprint density at radius 1 is 1.39 bits per heavy atom. The second-order valence-electron chi connectivity index (χ2n) is 5.15. The van der Waals surface area contributed by atoms with Crippen LogP contribution >= 0.6 is 0 Å². The minimum absolute atomic E-state index is 0.581. The van der Waals surface area contributed by atoms with E-state index in [0.717, 1.165) is 31.6 Å². The van der Waals surface area contributed by atoms with Gasteiger partial charge in [-0.1, -0.05) is 19.1 Å². The molecule has 96 valence electrons. The highest BCUT2D eigenvalue weighted by molar-refractivity contribution is 5.76. The summed E-state index contributed by atoms with van der Waals surface area (Å²) in [6.07, 6.45) is 3.69. The molecule has 1 fully saturated rings. The lowest BCUT2D eigenvalue weighted by molar-refractivity contribution is 0.433. The molecule has 0 amide bonds. The molecule has 2 aromatic rings. The molecule has 1 aromatic heterocycles. The molecule has 0 aliphatic carbocycles. The Morgan fingerprint density at radius 2 is 2.28 bits per heavy atom. The van der Waals surface area contributed by atoms with Crippen molar-refractivity contribution in [1.29, 1.82) is 0 Å². The van der Waals surface area contributed by atoms with Gasteiger partial charge in [-0.2, -0.15) is 0 Å². The van der Waals surface area contributed by atoms with E-state index in [-0.39, 0.29) is 0 Å². The van der Waals surface area contributed by atoms with Crippen molar-refractivity contribution in [3.8, 4) is 0 Å². The van der Waals surface area contributed by atoms with Gasteiger partial charge in [-0.15, -0.1) is 0 Å². The number of nitrogens with one attached hydrogen (secondary N) is 1. The molecule has 0 saturated carbocycles. The molecule has 3 heteroatoms. The van der Waals surface area contributed by atoms with E-state index in [1.165, 1.54) is 24.2 Å².